The van der Waals surface area contributed by atoms with Gasteiger partial charge in [-0.25, -0.2) is 0 Å². The molecule has 3 heteroatoms. The van der Waals surface area contributed by atoms with Crippen molar-refractivity contribution >= 4 is 14.1 Å². The van der Waals surface area contributed by atoms with Crippen LogP contribution in [-0.4, -0.2) is 20.2 Å². The molecule has 0 aromatic heterocycles. The van der Waals surface area contributed by atoms with Crippen molar-refractivity contribution in [3.8, 4) is 12.3 Å². The number of hydrogen-bond acceptors (Lipinski definition) is 2. The molecule has 3 saturated carbocycles. The molecule has 7 atom stereocenters. The smallest absolute Gasteiger partial charge is 0.192 e. The van der Waals surface area contributed by atoms with E-state index in [1.54, 1.807) is 0 Å². The third kappa shape index (κ3) is 3.20. The summed E-state index contributed by atoms with van der Waals surface area (Å²) in [5, 5.41) is 0.250. The van der Waals surface area contributed by atoms with Crippen molar-refractivity contribution in [3.05, 3.63) is 11.6 Å². The van der Waals surface area contributed by atoms with E-state index in [1.807, 2.05) is 6.08 Å². The Morgan fingerprint density at radius 2 is 1.83 bits per heavy atom. The molecule has 30 heavy (non-hydrogen) atoms. The lowest BCUT2D eigenvalue weighted by Crippen LogP contribution is -2.55. The molecule has 0 spiro atoms. The monoisotopic (exact) mass is 426 g/mol. The van der Waals surface area contributed by atoms with Gasteiger partial charge in [0.1, 0.15) is 0 Å². The Labute approximate surface area is 185 Å². The van der Waals surface area contributed by atoms with Gasteiger partial charge in [0.25, 0.3) is 0 Å². The lowest BCUT2D eigenvalue weighted by molar-refractivity contribution is -0.118. The van der Waals surface area contributed by atoms with Crippen LogP contribution >= 0.6 is 0 Å². The average Bonchev–Trinajstić information content (AvgIpc) is 2.97. The van der Waals surface area contributed by atoms with Gasteiger partial charge in [-0.3, -0.25) is 4.79 Å². The summed E-state index contributed by atoms with van der Waals surface area (Å²) in [7, 11) is -1.79. The van der Waals surface area contributed by atoms with E-state index in [1.165, 1.54) is 31.3 Å². The first kappa shape index (κ1) is 22.3. The molecule has 3 fully saturated rings. The largest absolute Gasteiger partial charge is 0.413 e. The van der Waals surface area contributed by atoms with E-state index in [-0.39, 0.29) is 27.6 Å². The fraction of sp³-hybridized carbons (Fsp3) is 0.815. The highest BCUT2D eigenvalue weighted by molar-refractivity contribution is 6.74. The van der Waals surface area contributed by atoms with Gasteiger partial charge in [-0.1, -0.05) is 40.5 Å². The van der Waals surface area contributed by atoms with Gasteiger partial charge in [0.2, 0.25) is 0 Å². The predicted octanol–water partition coefficient (Wildman–Crippen LogP) is 6.77. The van der Waals surface area contributed by atoms with Gasteiger partial charge in [0.15, 0.2) is 14.1 Å². The molecule has 0 N–H and O–H groups in total. The van der Waals surface area contributed by atoms with Gasteiger partial charge in [-0.15, -0.1) is 6.42 Å². The molecular formula is C27H42O2Si. The van der Waals surface area contributed by atoms with E-state index in [0.717, 1.165) is 12.8 Å². The molecule has 0 unspecified atom stereocenters. The molecule has 0 radical (unpaired) electrons. The highest BCUT2D eigenvalue weighted by Gasteiger charge is 2.61. The van der Waals surface area contributed by atoms with Gasteiger partial charge < -0.3 is 4.43 Å². The van der Waals surface area contributed by atoms with Crippen LogP contribution in [0.25, 0.3) is 0 Å². The summed E-state index contributed by atoms with van der Waals surface area (Å²) in [5.41, 5.74) is 1.68. The minimum Gasteiger partial charge on any atom is -0.413 e. The van der Waals surface area contributed by atoms with Crippen molar-refractivity contribution in [3.63, 3.8) is 0 Å². The Balaban J connectivity index is 1.64. The molecule has 0 saturated heterocycles. The van der Waals surface area contributed by atoms with Crippen molar-refractivity contribution in [1.29, 1.82) is 0 Å². The third-order valence-electron chi connectivity index (χ3n) is 10.4. The zero-order chi connectivity index (χ0) is 22.1. The summed E-state index contributed by atoms with van der Waals surface area (Å²) in [5.74, 6) is 5.58. The van der Waals surface area contributed by atoms with Crippen LogP contribution in [0.2, 0.25) is 18.1 Å². The Bertz CT molecular complexity index is 797. The number of ketones is 1. The zero-order valence-electron chi connectivity index (χ0n) is 20.3. The van der Waals surface area contributed by atoms with Crippen molar-refractivity contribution in [1.82, 2.24) is 0 Å². The van der Waals surface area contributed by atoms with Crippen LogP contribution in [0.3, 0.4) is 0 Å². The average molecular weight is 427 g/mol. The lowest BCUT2D eigenvalue weighted by atomic mass is 9.45. The first-order chi connectivity index (χ1) is 13.8. The van der Waals surface area contributed by atoms with E-state index in [4.69, 9.17) is 10.8 Å². The maximum Gasteiger partial charge on any atom is 0.192 e. The third-order valence-corrected chi connectivity index (χ3v) is 14.8. The normalized spacial score (nSPS) is 43.9. The minimum absolute atomic E-state index is 0.119. The van der Waals surface area contributed by atoms with E-state index in [0.29, 0.717) is 30.3 Å². The predicted molar refractivity (Wildman–Crippen MR) is 126 cm³/mol. The van der Waals surface area contributed by atoms with Crippen LogP contribution in [0.1, 0.15) is 79.6 Å². The summed E-state index contributed by atoms with van der Waals surface area (Å²) < 4.78 is 7.06. The second-order valence-electron chi connectivity index (χ2n) is 12.8. The molecule has 0 aromatic rings. The summed E-state index contributed by atoms with van der Waals surface area (Å²) in [4.78, 5) is 12.2. The van der Waals surface area contributed by atoms with Crippen LogP contribution in [0, 0.1) is 46.8 Å². The summed E-state index contributed by atoms with van der Waals surface area (Å²) >= 11 is 0. The van der Waals surface area contributed by atoms with Gasteiger partial charge in [-0.05, 0) is 96.9 Å². The van der Waals surface area contributed by atoms with Crippen molar-refractivity contribution < 1.29 is 9.22 Å². The maximum atomic E-state index is 12.2. The fourth-order valence-corrected chi connectivity index (χ4v) is 8.93. The molecule has 0 amide bonds. The van der Waals surface area contributed by atoms with Crippen LogP contribution in [-0.2, 0) is 9.22 Å². The first-order valence-electron chi connectivity index (χ1n) is 12.2. The fourth-order valence-electron chi connectivity index (χ4n) is 7.48. The van der Waals surface area contributed by atoms with Crippen LogP contribution < -0.4 is 0 Å². The molecule has 4 rings (SSSR count). The molecule has 2 nitrogen and oxygen atoms in total. The van der Waals surface area contributed by atoms with Crippen molar-refractivity contribution in [2.24, 2.45) is 34.5 Å². The number of terminal acetylenes is 1. The summed E-state index contributed by atoms with van der Waals surface area (Å²) in [6.07, 6.45) is 16.1. The lowest BCUT2D eigenvalue weighted by Gasteiger charge is -2.59. The van der Waals surface area contributed by atoms with Gasteiger partial charge in [-0.2, -0.15) is 0 Å². The zero-order valence-corrected chi connectivity index (χ0v) is 21.3. The SMILES string of the molecule is C#C[C@@H]1C[C@H]2[C@@H]3CC[C@H](O[Si](C)(C)C(C)(C)C)[C@@]3(C)CC[C@@H]2[C@@]2(C)CCC(=O)C=C12. The van der Waals surface area contributed by atoms with Gasteiger partial charge in [0.05, 0.1) is 6.10 Å². The topological polar surface area (TPSA) is 26.3 Å². The highest BCUT2D eigenvalue weighted by atomic mass is 28.4. The maximum absolute atomic E-state index is 12.2. The number of carbonyl (C=O) groups is 1. The Hall–Kier alpha value is -0.853. The van der Waals surface area contributed by atoms with Crippen LogP contribution in [0.5, 0.6) is 0 Å². The quantitative estimate of drug-likeness (QED) is 0.360. The summed E-state index contributed by atoms with van der Waals surface area (Å²) in [6, 6.07) is 0. The molecular weight excluding hydrogens is 384 g/mol. The molecule has 4 aliphatic rings. The molecule has 4 aliphatic carbocycles. The Morgan fingerprint density at radius 1 is 1.13 bits per heavy atom. The Kier molecular flexibility index (Phi) is 5.27. The minimum atomic E-state index is -1.79. The molecule has 166 valence electrons. The molecule has 0 heterocycles. The highest BCUT2D eigenvalue weighted by Crippen LogP contribution is 2.67. The van der Waals surface area contributed by atoms with Crippen molar-refractivity contribution in [2.75, 3.05) is 0 Å². The molecule has 0 bridgehead atoms. The number of rotatable bonds is 2. The number of allylic oxidation sites excluding steroid dienone is 1. The summed E-state index contributed by atoms with van der Waals surface area (Å²) in [6.45, 7) is 16.8. The van der Waals surface area contributed by atoms with Crippen LogP contribution in [0.4, 0.5) is 0 Å². The van der Waals surface area contributed by atoms with Gasteiger partial charge >= 0.3 is 0 Å². The number of carbonyl (C=O) groups excluding carboxylic acids is 1. The number of fused-ring (bicyclic) bond motifs is 5. The first-order valence-corrected chi connectivity index (χ1v) is 15.1. The molecule has 0 aliphatic heterocycles. The van der Waals surface area contributed by atoms with E-state index >= 15 is 0 Å². The van der Waals surface area contributed by atoms with E-state index in [2.05, 4.69) is 53.6 Å². The second kappa shape index (κ2) is 7.07. The van der Waals surface area contributed by atoms with E-state index in [9.17, 15) is 4.79 Å². The van der Waals surface area contributed by atoms with E-state index < -0.39 is 8.32 Å². The van der Waals surface area contributed by atoms with Crippen LogP contribution in [0.15, 0.2) is 11.6 Å². The standard InChI is InChI=1S/C27H42O2Si/c1-9-18-16-20-21-10-11-24(29-30(7,8)25(2,3)4)27(21,6)15-13-22(20)26(5)14-12-19(28)17-23(18)26/h1,17-18,20-22,24H,10-16H2,2-8H3/t18-,20+,21+,22+,24+,26-,27+/m1/s1. The number of hydrogen-bond donors (Lipinski definition) is 0. The molecule has 0 aromatic carbocycles. The Morgan fingerprint density at radius 3 is 2.47 bits per heavy atom. The second-order valence-corrected chi connectivity index (χ2v) is 17.6. The van der Waals surface area contributed by atoms with Crippen molar-refractivity contribution in [2.45, 2.75) is 104 Å². The van der Waals surface area contributed by atoms with Gasteiger partial charge in [0, 0.05) is 12.3 Å².